The third-order valence-corrected chi connectivity index (χ3v) is 6.80. The van der Waals surface area contributed by atoms with E-state index >= 15 is 0 Å². The molecule has 38 heavy (non-hydrogen) atoms. The number of hydrogen-bond acceptors (Lipinski definition) is 7. The Morgan fingerprint density at radius 3 is 2.47 bits per heavy atom. The van der Waals surface area contributed by atoms with Gasteiger partial charge in [-0.15, -0.1) is 16.4 Å². The van der Waals surface area contributed by atoms with Crippen LogP contribution in [0.5, 0.6) is 0 Å². The van der Waals surface area contributed by atoms with E-state index in [-0.39, 0.29) is 23.2 Å². The number of benzene rings is 2. The molecule has 4 aromatic rings. The molecule has 0 unspecified atom stereocenters. The van der Waals surface area contributed by atoms with Gasteiger partial charge in [-0.3, -0.25) is 15.0 Å². The van der Waals surface area contributed by atoms with Gasteiger partial charge in [0.1, 0.15) is 6.04 Å². The average molecular weight is 532 g/mol. The molecular formula is C26H16F3N7OS. The molecule has 1 atom stereocenters. The summed E-state index contributed by atoms with van der Waals surface area (Å²) in [6.07, 6.45) is -4.58. The Hall–Kier alpha value is -4.94. The zero-order valence-corrected chi connectivity index (χ0v) is 20.4. The lowest BCUT2D eigenvalue weighted by Gasteiger charge is -2.34. The molecule has 2 aromatic heterocycles. The van der Waals surface area contributed by atoms with Gasteiger partial charge in [-0.1, -0.05) is 24.3 Å². The van der Waals surface area contributed by atoms with Crippen LogP contribution in [0.2, 0.25) is 0 Å². The summed E-state index contributed by atoms with van der Waals surface area (Å²) in [5.41, 5.74) is 0.821. The minimum absolute atomic E-state index is 0.0824. The minimum Gasteiger partial charge on any atom is -0.288 e. The summed E-state index contributed by atoms with van der Waals surface area (Å²) in [5.74, 6) is -0.425. The highest BCUT2D eigenvalue weighted by atomic mass is 32.1. The van der Waals surface area contributed by atoms with E-state index < -0.39 is 23.7 Å². The summed E-state index contributed by atoms with van der Waals surface area (Å²) in [4.78, 5) is 19.0. The van der Waals surface area contributed by atoms with Gasteiger partial charge in [0.15, 0.2) is 0 Å². The number of nitrogens with zero attached hydrogens (tertiary/aromatic N) is 6. The molecule has 0 saturated heterocycles. The molecular weight excluding hydrogens is 515 g/mol. The molecule has 5 rings (SSSR count). The van der Waals surface area contributed by atoms with Gasteiger partial charge < -0.3 is 0 Å². The second-order valence-corrected chi connectivity index (χ2v) is 9.19. The molecule has 3 heterocycles. The summed E-state index contributed by atoms with van der Waals surface area (Å²) in [5, 5.41) is 28.1. The van der Waals surface area contributed by atoms with Crippen molar-refractivity contribution < 1.29 is 18.0 Å². The van der Waals surface area contributed by atoms with Crippen LogP contribution in [-0.2, 0) is 6.18 Å². The maximum atomic E-state index is 13.5. The van der Waals surface area contributed by atoms with Crippen molar-refractivity contribution in [1.29, 1.82) is 10.5 Å². The Labute approximate surface area is 218 Å². The minimum atomic E-state index is -4.58. The molecule has 1 amide bonds. The standard InChI is InChI=1S/C26H16F3N7OS/c1-15-20(14-31)22(17-9-7-16(13-30)8-10-17)36-25(33-24(34-36)32-23(37)21-6-3-11-38-21)35(15)19-5-2-4-18(12-19)26(27,28)29/h2-12,22H,1H3,(H,32,34,37)/t22-/m1/s1. The number of carbonyl (C=O) groups is 1. The molecule has 1 N–H and O–H groups in total. The van der Waals surface area contributed by atoms with E-state index in [1.807, 2.05) is 6.07 Å². The summed E-state index contributed by atoms with van der Waals surface area (Å²) in [6.45, 7) is 1.61. The van der Waals surface area contributed by atoms with Crippen molar-refractivity contribution in [2.24, 2.45) is 0 Å². The number of carbonyl (C=O) groups excluding carboxylic acids is 1. The van der Waals surface area contributed by atoms with Gasteiger partial charge in [-0.25, -0.2) is 4.68 Å². The van der Waals surface area contributed by atoms with Crippen LogP contribution in [0, 0.1) is 22.7 Å². The molecule has 0 bridgehead atoms. The Balaban J connectivity index is 1.68. The van der Waals surface area contributed by atoms with Crippen molar-refractivity contribution in [3.8, 4) is 12.1 Å². The predicted molar refractivity (Wildman–Crippen MR) is 133 cm³/mol. The van der Waals surface area contributed by atoms with Crippen molar-refractivity contribution >= 4 is 34.8 Å². The molecule has 188 valence electrons. The third-order valence-electron chi connectivity index (χ3n) is 5.93. The number of hydrogen-bond donors (Lipinski definition) is 1. The van der Waals surface area contributed by atoms with Crippen LogP contribution in [0.4, 0.5) is 30.8 Å². The molecule has 12 heteroatoms. The number of halogens is 3. The average Bonchev–Trinajstić information content (AvgIpc) is 3.58. The quantitative estimate of drug-likeness (QED) is 0.345. The van der Waals surface area contributed by atoms with Crippen molar-refractivity contribution in [2.45, 2.75) is 19.1 Å². The van der Waals surface area contributed by atoms with Crippen LogP contribution in [0.15, 0.2) is 77.3 Å². The molecule has 8 nitrogen and oxygen atoms in total. The van der Waals surface area contributed by atoms with Gasteiger partial charge in [0.25, 0.3) is 11.9 Å². The number of rotatable bonds is 4. The van der Waals surface area contributed by atoms with Crippen LogP contribution < -0.4 is 10.2 Å². The van der Waals surface area contributed by atoms with E-state index in [0.717, 1.165) is 12.1 Å². The first-order chi connectivity index (χ1) is 18.2. The Kier molecular flexibility index (Phi) is 6.18. The SMILES string of the molecule is CC1=C(C#N)[C@@H](c2ccc(C#N)cc2)n2nc(NC(=O)c3cccs3)nc2N1c1cccc(C(F)(F)F)c1. The largest absolute Gasteiger partial charge is 0.416 e. The van der Waals surface area contributed by atoms with E-state index in [0.29, 0.717) is 21.7 Å². The highest BCUT2D eigenvalue weighted by Gasteiger charge is 2.37. The van der Waals surface area contributed by atoms with Crippen molar-refractivity contribution in [3.05, 3.63) is 98.9 Å². The lowest BCUT2D eigenvalue weighted by atomic mass is 9.95. The zero-order chi connectivity index (χ0) is 27.0. The van der Waals surface area contributed by atoms with E-state index in [4.69, 9.17) is 0 Å². The molecule has 0 spiro atoms. The van der Waals surface area contributed by atoms with Gasteiger partial charge in [-0.2, -0.15) is 28.7 Å². The van der Waals surface area contributed by atoms with Gasteiger partial charge in [0, 0.05) is 11.4 Å². The first-order valence-corrected chi connectivity index (χ1v) is 12.0. The van der Waals surface area contributed by atoms with Crippen LogP contribution in [0.3, 0.4) is 0 Å². The number of alkyl halides is 3. The Bertz CT molecular complexity index is 1640. The van der Waals surface area contributed by atoms with Crippen LogP contribution >= 0.6 is 11.3 Å². The second kappa shape index (κ2) is 9.50. The Morgan fingerprint density at radius 1 is 1.08 bits per heavy atom. The molecule has 1 aliphatic heterocycles. The van der Waals surface area contributed by atoms with Gasteiger partial charge in [0.05, 0.1) is 33.7 Å². The lowest BCUT2D eigenvalue weighted by molar-refractivity contribution is -0.137. The van der Waals surface area contributed by atoms with Crippen LogP contribution in [0.25, 0.3) is 0 Å². The predicted octanol–water partition coefficient (Wildman–Crippen LogP) is 6.02. The fraction of sp³-hybridized carbons (Fsp3) is 0.115. The van der Waals surface area contributed by atoms with Crippen molar-refractivity contribution in [3.63, 3.8) is 0 Å². The number of fused-ring (bicyclic) bond motifs is 1. The number of thiophene rings is 1. The smallest absolute Gasteiger partial charge is 0.288 e. The van der Waals surface area contributed by atoms with E-state index in [1.165, 1.54) is 33.1 Å². The number of nitriles is 2. The summed E-state index contributed by atoms with van der Waals surface area (Å²) in [7, 11) is 0. The topological polar surface area (TPSA) is 111 Å². The van der Waals surface area contributed by atoms with Crippen molar-refractivity contribution in [1.82, 2.24) is 14.8 Å². The molecule has 1 aliphatic rings. The normalized spacial score (nSPS) is 15.0. The van der Waals surface area contributed by atoms with Gasteiger partial charge in [0.2, 0.25) is 5.95 Å². The van der Waals surface area contributed by atoms with Gasteiger partial charge >= 0.3 is 6.18 Å². The number of amides is 1. The zero-order valence-electron chi connectivity index (χ0n) is 19.6. The fourth-order valence-corrected chi connectivity index (χ4v) is 4.79. The summed E-state index contributed by atoms with van der Waals surface area (Å²) >= 11 is 1.22. The monoisotopic (exact) mass is 531 g/mol. The van der Waals surface area contributed by atoms with Gasteiger partial charge in [-0.05, 0) is 54.3 Å². The molecule has 0 radical (unpaired) electrons. The highest BCUT2D eigenvalue weighted by Crippen LogP contribution is 2.43. The number of allylic oxidation sites excluding steroid dienone is 2. The highest BCUT2D eigenvalue weighted by molar-refractivity contribution is 7.12. The molecule has 2 aromatic carbocycles. The van der Waals surface area contributed by atoms with E-state index in [1.54, 1.807) is 48.7 Å². The number of nitrogens with one attached hydrogen (secondary N) is 1. The fourth-order valence-electron chi connectivity index (χ4n) is 4.18. The second-order valence-electron chi connectivity index (χ2n) is 8.24. The van der Waals surface area contributed by atoms with E-state index in [9.17, 15) is 28.5 Å². The van der Waals surface area contributed by atoms with Crippen LogP contribution in [-0.4, -0.2) is 20.7 Å². The number of anilines is 3. The lowest BCUT2D eigenvalue weighted by Crippen LogP contribution is -2.31. The molecule has 0 fully saturated rings. The number of aromatic nitrogens is 3. The summed E-state index contributed by atoms with van der Waals surface area (Å²) in [6, 6.07) is 17.9. The first kappa shape index (κ1) is 24.7. The third kappa shape index (κ3) is 4.38. The van der Waals surface area contributed by atoms with Crippen LogP contribution in [0.1, 0.15) is 39.3 Å². The first-order valence-electron chi connectivity index (χ1n) is 11.1. The Morgan fingerprint density at radius 2 is 1.84 bits per heavy atom. The molecule has 0 saturated carbocycles. The molecule has 0 aliphatic carbocycles. The summed E-state index contributed by atoms with van der Waals surface area (Å²) < 4.78 is 41.9. The maximum absolute atomic E-state index is 13.5. The maximum Gasteiger partial charge on any atom is 0.416 e. The van der Waals surface area contributed by atoms with Crippen molar-refractivity contribution in [2.75, 3.05) is 10.2 Å². The van der Waals surface area contributed by atoms with E-state index in [2.05, 4.69) is 21.5 Å².